The van der Waals surface area contributed by atoms with Crippen LogP contribution in [0.1, 0.15) is 40.0 Å². The van der Waals surface area contributed by atoms with Crippen LogP contribution in [0.2, 0.25) is 0 Å². The van der Waals surface area contributed by atoms with Crippen LogP contribution in [0.5, 0.6) is 0 Å². The number of ether oxygens (including phenoxy) is 1. The normalized spacial score (nSPS) is 14.1. The third kappa shape index (κ3) is 4.15. The molecule has 33 heavy (non-hydrogen) atoms. The van der Waals surface area contributed by atoms with Crippen LogP contribution in [0, 0.1) is 6.92 Å². The first kappa shape index (κ1) is 22.0. The molecule has 8 heteroatoms. The van der Waals surface area contributed by atoms with Crippen molar-refractivity contribution in [3.8, 4) is 11.3 Å². The summed E-state index contributed by atoms with van der Waals surface area (Å²) in [5.41, 5.74) is 3.17. The molecule has 0 saturated carbocycles. The summed E-state index contributed by atoms with van der Waals surface area (Å²) in [6, 6.07) is 18.0. The maximum absolute atomic E-state index is 13.1. The summed E-state index contributed by atoms with van der Waals surface area (Å²) in [6.45, 7) is 3.97. The van der Waals surface area contributed by atoms with Crippen molar-refractivity contribution in [3.63, 3.8) is 0 Å². The quantitative estimate of drug-likeness (QED) is 0.448. The van der Waals surface area contributed by atoms with Gasteiger partial charge in [0.25, 0.3) is 0 Å². The van der Waals surface area contributed by atoms with E-state index in [4.69, 9.17) is 4.74 Å². The third-order valence-corrected chi connectivity index (χ3v) is 5.56. The van der Waals surface area contributed by atoms with E-state index in [1.807, 2.05) is 65.2 Å². The van der Waals surface area contributed by atoms with Crippen molar-refractivity contribution in [2.45, 2.75) is 26.3 Å². The van der Waals surface area contributed by atoms with Gasteiger partial charge >= 0.3 is 12.0 Å². The zero-order valence-electron chi connectivity index (χ0n) is 18.3. The first-order valence-electron chi connectivity index (χ1n) is 10.6. The number of hydrogen-bond acceptors (Lipinski definition) is 5. The van der Waals surface area contributed by atoms with Crippen LogP contribution in [-0.2, 0) is 20.9 Å². The lowest BCUT2D eigenvalue weighted by Gasteiger charge is -2.23. The largest absolute Gasteiger partial charge is 0.462 e. The van der Waals surface area contributed by atoms with Crippen LogP contribution in [0.15, 0.2) is 60.7 Å². The van der Waals surface area contributed by atoms with E-state index in [0.717, 1.165) is 11.1 Å². The van der Waals surface area contributed by atoms with Gasteiger partial charge in [-0.2, -0.15) is 0 Å². The average molecular weight is 445 g/mol. The summed E-state index contributed by atoms with van der Waals surface area (Å²) in [6.07, 6.45) is 0. The van der Waals surface area contributed by atoms with Crippen molar-refractivity contribution in [1.29, 1.82) is 0 Å². The minimum absolute atomic E-state index is 0.129. The Bertz CT molecular complexity index is 1210. The molecule has 2 N–H and O–H groups in total. The van der Waals surface area contributed by atoms with Crippen molar-refractivity contribution in [1.82, 2.24) is 15.2 Å². The topological polar surface area (TPSA) is 106 Å². The number of urea groups is 1. The second-order valence-corrected chi connectivity index (χ2v) is 7.62. The first-order chi connectivity index (χ1) is 15.9. The Morgan fingerprint density at radius 2 is 1.52 bits per heavy atom. The number of amides is 4. The third-order valence-electron chi connectivity index (χ3n) is 5.56. The summed E-state index contributed by atoms with van der Waals surface area (Å²) < 4.78 is 7.21. The number of carbonyl (C=O) groups is 4. The molecule has 3 aromatic rings. The molecule has 1 aromatic heterocycles. The first-order valence-corrected chi connectivity index (χ1v) is 10.6. The fraction of sp³-hybridized carbons (Fsp3) is 0.200. The molecule has 0 unspecified atom stereocenters. The number of esters is 1. The molecule has 1 aliphatic rings. The van der Waals surface area contributed by atoms with Gasteiger partial charge in [0.15, 0.2) is 0 Å². The number of rotatable bonds is 6. The molecule has 2 aromatic carbocycles. The number of nitrogens with zero attached hydrogens (tertiary/aromatic N) is 1. The second-order valence-electron chi connectivity index (χ2n) is 7.62. The molecule has 4 rings (SSSR count). The Labute approximate surface area is 190 Å². The molecule has 1 fully saturated rings. The minimum Gasteiger partial charge on any atom is -0.462 e. The fourth-order valence-corrected chi connectivity index (χ4v) is 4.15. The molecule has 8 nitrogen and oxygen atoms in total. The lowest BCUT2D eigenvalue weighted by atomic mass is 9.89. The zero-order chi connectivity index (χ0) is 23.5. The maximum atomic E-state index is 13.1. The van der Waals surface area contributed by atoms with Gasteiger partial charge in [-0.25, -0.2) is 9.59 Å². The summed E-state index contributed by atoms with van der Waals surface area (Å²) in [7, 11) is 0. The van der Waals surface area contributed by atoms with Gasteiger partial charge in [-0.15, -0.1) is 0 Å². The molecule has 0 radical (unpaired) electrons. The standard InChI is InChI=1S/C25H23N3O5/c1-3-33-24(31)18-15(2)28(14-16-10-6-4-7-11-16)21(17-12-8-5-9-13-17)19(18)20-22(29)26-25(32)27-23(20)30/h4-13,20H,3,14H2,1-2H3,(H2,26,27,29,30,32). The highest BCUT2D eigenvalue weighted by Gasteiger charge is 2.42. The van der Waals surface area contributed by atoms with Gasteiger partial charge in [-0.1, -0.05) is 60.7 Å². The van der Waals surface area contributed by atoms with E-state index >= 15 is 0 Å². The van der Waals surface area contributed by atoms with E-state index < -0.39 is 29.7 Å². The monoisotopic (exact) mass is 445 g/mol. The predicted octanol–water partition coefficient (Wildman–Crippen LogP) is 3.14. The van der Waals surface area contributed by atoms with Gasteiger partial charge in [-0.05, 0) is 25.0 Å². The Kier molecular flexibility index (Phi) is 6.08. The molecule has 2 heterocycles. The number of barbiturate groups is 1. The second kappa shape index (κ2) is 9.12. The number of imide groups is 2. The lowest BCUT2D eigenvalue weighted by molar-refractivity contribution is -0.132. The Morgan fingerprint density at radius 3 is 2.09 bits per heavy atom. The Balaban J connectivity index is 2.02. The molecule has 4 amide bonds. The van der Waals surface area contributed by atoms with E-state index in [-0.39, 0.29) is 17.7 Å². The van der Waals surface area contributed by atoms with Gasteiger partial charge in [0.1, 0.15) is 5.92 Å². The van der Waals surface area contributed by atoms with Crippen LogP contribution in [0.3, 0.4) is 0 Å². The molecule has 0 bridgehead atoms. The summed E-state index contributed by atoms with van der Waals surface area (Å²) >= 11 is 0. The van der Waals surface area contributed by atoms with Crippen LogP contribution in [-0.4, -0.2) is 35.0 Å². The van der Waals surface area contributed by atoms with Crippen molar-refractivity contribution in [3.05, 3.63) is 83.0 Å². The van der Waals surface area contributed by atoms with Crippen LogP contribution < -0.4 is 10.6 Å². The van der Waals surface area contributed by atoms with Crippen molar-refractivity contribution in [2.24, 2.45) is 0 Å². The minimum atomic E-state index is -1.40. The molecular weight excluding hydrogens is 422 g/mol. The number of aromatic nitrogens is 1. The number of hydrogen-bond donors (Lipinski definition) is 2. The zero-order valence-corrected chi connectivity index (χ0v) is 18.3. The Morgan fingerprint density at radius 1 is 0.939 bits per heavy atom. The highest BCUT2D eigenvalue weighted by Crippen LogP contribution is 2.38. The molecular formula is C25H23N3O5. The van der Waals surface area contributed by atoms with Crippen LogP contribution in [0.25, 0.3) is 11.3 Å². The van der Waals surface area contributed by atoms with E-state index in [9.17, 15) is 19.2 Å². The number of carbonyl (C=O) groups excluding carboxylic acids is 4. The van der Waals surface area contributed by atoms with Crippen molar-refractivity contribution < 1.29 is 23.9 Å². The van der Waals surface area contributed by atoms with E-state index in [2.05, 4.69) is 10.6 Å². The average Bonchev–Trinajstić information content (AvgIpc) is 3.06. The maximum Gasteiger partial charge on any atom is 0.340 e. The highest BCUT2D eigenvalue weighted by molar-refractivity contribution is 6.21. The fourth-order valence-electron chi connectivity index (χ4n) is 4.15. The van der Waals surface area contributed by atoms with Gasteiger partial charge in [0.05, 0.1) is 17.9 Å². The number of benzene rings is 2. The van der Waals surface area contributed by atoms with Crippen LogP contribution >= 0.6 is 0 Å². The van der Waals surface area contributed by atoms with Crippen molar-refractivity contribution >= 4 is 23.8 Å². The van der Waals surface area contributed by atoms with E-state index in [0.29, 0.717) is 17.9 Å². The highest BCUT2D eigenvalue weighted by atomic mass is 16.5. The predicted molar refractivity (Wildman–Crippen MR) is 121 cm³/mol. The molecule has 0 atom stereocenters. The molecule has 0 aliphatic carbocycles. The van der Waals surface area contributed by atoms with Gasteiger partial charge < -0.3 is 9.30 Å². The van der Waals surface area contributed by atoms with Gasteiger partial charge in [-0.3, -0.25) is 20.2 Å². The molecule has 1 saturated heterocycles. The Hall–Kier alpha value is -4.20. The van der Waals surface area contributed by atoms with Crippen LogP contribution in [0.4, 0.5) is 4.79 Å². The van der Waals surface area contributed by atoms with E-state index in [1.54, 1.807) is 13.8 Å². The van der Waals surface area contributed by atoms with Gasteiger partial charge in [0, 0.05) is 17.8 Å². The lowest BCUT2D eigenvalue weighted by Crippen LogP contribution is -2.54. The molecule has 168 valence electrons. The van der Waals surface area contributed by atoms with Crippen molar-refractivity contribution in [2.75, 3.05) is 6.61 Å². The smallest absolute Gasteiger partial charge is 0.340 e. The van der Waals surface area contributed by atoms with Gasteiger partial charge in [0.2, 0.25) is 11.8 Å². The summed E-state index contributed by atoms with van der Waals surface area (Å²) in [4.78, 5) is 50.5. The molecule has 0 spiro atoms. The summed E-state index contributed by atoms with van der Waals surface area (Å²) in [5, 5.41) is 4.28. The van der Waals surface area contributed by atoms with E-state index in [1.165, 1.54) is 0 Å². The summed E-state index contributed by atoms with van der Waals surface area (Å²) in [5.74, 6) is -3.61. The SMILES string of the molecule is CCOC(=O)c1c(C2C(=O)NC(=O)NC2=O)c(-c2ccccc2)n(Cc2ccccc2)c1C. The number of nitrogens with one attached hydrogen (secondary N) is 2. The molecule has 1 aliphatic heterocycles.